The van der Waals surface area contributed by atoms with Crippen molar-refractivity contribution in [2.45, 2.75) is 227 Å². The predicted molar refractivity (Wildman–Crippen MR) is 318 cm³/mol. The summed E-state index contributed by atoms with van der Waals surface area (Å²) in [5.74, 6) is -12.5. The van der Waals surface area contributed by atoms with Crippen molar-refractivity contribution in [1.29, 1.82) is 0 Å². The molecule has 3 aliphatic rings. The van der Waals surface area contributed by atoms with Gasteiger partial charge in [-0.3, -0.25) is 57.5 Å². The van der Waals surface area contributed by atoms with Crippen LogP contribution in [0.15, 0.2) is 48.5 Å². The Labute approximate surface area is 562 Å². The Morgan fingerprint density at radius 3 is 1.03 bits per heavy atom. The van der Waals surface area contributed by atoms with Crippen LogP contribution in [-0.4, -0.2) is 207 Å². The quantitative estimate of drug-likeness (QED) is 0.0643. The Hall–Kier alpha value is -9.09. The molecule has 0 spiro atoms. The van der Waals surface area contributed by atoms with Gasteiger partial charge in [0, 0.05) is 76.2 Å². The van der Waals surface area contributed by atoms with Gasteiger partial charge in [-0.15, -0.1) is 0 Å². The van der Waals surface area contributed by atoms with Gasteiger partial charge in [-0.1, -0.05) is 38.1 Å². The van der Waals surface area contributed by atoms with E-state index in [-0.39, 0.29) is 17.1 Å². The number of rotatable bonds is 31. The first-order valence-corrected chi connectivity index (χ1v) is 30.6. The molecule has 0 saturated carbocycles. The second-order valence-corrected chi connectivity index (χ2v) is 23.0. The van der Waals surface area contributed by atoms with E-state index in [2.05, 4.69) is 0 Å². The highest BCUT2D eigenvalue weighted by atomic mass is 16.8. The van der Waals surface area contributed by atoms with E-state index in [4.69, 9.17) is 94.7 Å². The van der Waals surface area contributed by atoms with Gasteiger partial charge in [-0.2, -0.15) is 0 Å². The van der Waals surface area contributed by atoms with Crippen molar-refractivity contribution in [1.82, 2.24) is 0 Å². The van der Waals surface area contributed by atoms with Crippen molar-refractivity contribution in [3.05, 3.63) is 59.7 Å². The number of benzene rings is 2. The van der Waals surface area contributed by atoms with Gasteiger partial charge < -0.3 is 99.8 Å². The highest BCUT2D eigenvalue weighted by Crippen LogP contribution is 2.39. The van der Waals surface area contributed by atoms with Crippen LogP contribution in [0, 0.1) is 5.92 Å². The van der Waals surface area contributed by atoms with Crippen molar-refractivity contribution in [3.63, 3.8) is 0 Å². The number of ether oxygens (including phenoxy) is 20. The first-order valence-electron chi connectivity index (χ1n) is 30.6. The average molecular weight is 1400 g/mol. The minimum absolute atomic E-state index is 0.000204. The zero-order valence-corrected chi connectivity index (χ0v) is 56.3. The Kier molecular flexibility index (Phi) is 30.1. The Balaban J connectivity index is 1.51. The first-order chi connectivity index (χ1) is 46.0. The molecular formula is C64H82O34. The van der Waals surface area contributed by atoms with Crippen LogP contribution in [0.3, 0.4) is 0 Å². The molecule has 0 radical (unpaired) electrons. The second kappa shape index (κ2) is 37.0. The molecule has 0 bridgehead atoms. The third-order valence-corrected chi connectivity index (χ3v) is 13.9. The molecule has 34 nitrogen and oxygen atoms in total. The minimum Gasteiger partial charge on any atom is -0.463 e. The minimum atomic E-state index is -2.51. The Morgan fingerprint density at radius 2 is 0.694 bits per heavy atom. The molecule has 1 N–H and O–H groups in total. The average Bonchev–Trinajstić information content (AvgIpc) is 0.785. The molecule has 0 aromatic heterocycles. The predicted octanol–water partition coefficient (Wildman–Crippen LogP) is 2.46. The van der Waals surface area contributed by atoms with E-state index in [9.17, 15) is 62.6 Å². The zero-order valence-electron chi connectivity index (χ0n) is 56.3. The number of aliphatic hydroxyl groups is 1. The molecule has 1 unspecified atom stereocenters. The van der Waals surface area contributed by atoms with Gasteiger partial charge in [-0.05, 0) is 54.7 Å². The van der Waals surface area contributed by atoms with Crippen molar-refractivity contribution in [2.24, 2.45) is 5.92 Å². The van der Waals surface area contributed by atoms with Crippen molar-refractivity contribution >= 4 is 77.6 Å². The zero-order chi connectivity index (χ0) is 72.9. The molecule has 98 heavy (non-hydrogen) atoms. The Bertz CT molecular complexity index is 3130. The van der Waals surface area contributed by atoms with Crippen LogP contribution in [0.25, 0.3) is 0 Å². The second-order valence-electron chi connectivity index (χ2n) is 23.0. The fourth-order valence-electron chi connectivity index (χ4n) is 10.5. The van der Waals surface area contributed by atoms with E-state index < -0.39 is 233 Å². The lowest BCUT2D eigenvalue weighted by atomic mass is 9.88. The summed E-state index contributed by atoms with van der Waals surface area (Å²) in [4.78, 5) is 166. The standard InChI is InChI=1S/C64H82O34/c1-30(2)23-64(98-62-59(92-42(14)76)56(89-39(11)73)53(86-36(8)70)49(97-62)29-81-33(5)67,63(78)83-26-44-17-21-46(22-18-44)94-61-58(91-41(13)75)55(88-38(10)72)52(85-35(7)69)48(96-61)28-80-32(4)66)24-50(77)82-25-43-15-19-45(20-16-43)93-60-57(90-40(12)74)54(87-37(9)71)51(84-34(6)68)47(95-60)27-79-31(3)65/h15-22,30,36,47-49,51-62,70H,23-29H2,1-14H3/t36?,47-,48-,49-,51-,52-,53-,54+,55+,56+,57-,58-,59-,60-,61-,62+,64-/m1/s1. The largest absolute Gasteiger partial charge is 0.463 e. The summed E-state index contributed by atoms with van der Waals surface area (Å²) < 4.78 is 114. The third kappa shape index (κ3) is 24.8. The van der Waals surface area contributed by atoms with Crippen LogP contribution in [0.2, 0.25) is 0 Å². The summed E-state index contributed by atoms with van der Waals surface area (Å²) in [6, 6.07) is 11.2. The molecule has 17 atom stereocenters. The Morgan fingerprint density at radius 1 is 0.388 bits per heavy atom. The third-order valence-electron chi connectivity index (χ3n) is 13.9. The molecule has 2 aromatic carbocycles. The number of hydrogen-bond donors (Lipinski definition) is 1. The summed E-state index contributed by atoms with van der Waals surface area (Å²) in [6.07, 6.45) is -26.9. The number of hydrogen-bond acceptors (Lipinski definition) is 34. The van der Waals surface area contributed by atoms with Crippen LogP contribution >= 0.6 is 0 Å². The summed E-state index contributed by atoms with van der Waals surface area (Å²) in [5.41, 5.74) is -1.98. The van der Waals surface area contributed by atoms with Gasteiger partial charge in [-0.25, -0.2) is 4.79 Å². The van der Waals surface area contributed by atoms with Crippen LogP contribution in [0.5, 0.6) is 11.5 Å². The smallest absolute Gasteiger partial charge is 0.339 e. The number of aliphatic hydroxyl groups excluding tert-OH is 1. The number of esters is 13. The molecular weight excluding hydrogens is 1310 g/mol. The van der Waals surface area contributed by atoms with Gasteiger partial charge in [0.2, 0.25) is 31.1 Å². The normalized spacial score (nSPS) is 25.9. The van der Waals surface area contributed by atoms with Gasteiger partial charge in [0.15, 0.2) is 48.5 Å². The fraction of sp³-hybridized carbons (Fsp3) is 0.609. The summed E-state index contributed by atoms with van der Waals surface area (Å²) >= 11 is 0. The lowest BCUT2D eigenvalue weighted by molar-refractivity contribution is -0.343. The van der Waals surface area contributed by atoms with Gasteiger partial charge in [0.1, 0.15) is 68.9 Å². The van der Waals surface area contributed by atoms with Crippen molar-refractivity contribution < 1.29 is 162 Å². The summed E-state index contributed by atoms with van der Waals surface area (Å²) in [5, 5.41) is 10.5. The van der Waals surface area contributed by atoms with E-state index >= 15 is 4.79 Å². The highest BCUT2D eigenvalue weighted by Gasteiger charge is 2.58. The van der Waals surface area contributed by atoms with Crippen LogP contribution in [-0.2, 0) is 161 Å². The molecule has 3 saturated heterocycles. The fourth-order valence-corrected chi connectivity index (χ4v) is 10.5. The van der Waals surface area contributed by atoms with Crippen molar-refractivity contribution in [3.8, 4) is 11.5 Å². The summed E-state index contributed by atoms with van der Waals surface area (Å²) in [6.45, 7) is 13.2. The molecule has 3 aliphatic heterocycles. The van der Waals surface area contributed by atoms with Crippen molar-refractivity contribution in [2.75, 3.05) is 19.8 Å². The number of carbonyl (C=O) groups is 13. The van der Waals surface area contributed by atoms with Crippen LogP contribution in [0.4, 0.5) is 0 Å². The topological polar surface area (TPSA) is 427 Å². The molecule has 3 heterocycles. The molecule has 3 fully saturated rings. The first kappa shape index (κ1) is 79.6. The van der Waals surface area contributed by atoms with E-state index in [1.165, 1.54) is 55.5 Å². The van der Waals surface area contributed by atoms with E-state index in [1.807, 2.05) is 0 Å². The molecule has 5 rings (SSSR count). The lowest BCUT2D eigenvalue weighted by Gasteiger charge is -2.47. The maximum atomic E-state index is 15.2. The monoisotopic (exact) mass is 1390 g/mol. The lowest BCUT2D eigenvalue weighted by Crippen LogP contribution is -2.65. The highest BCUT2D eigenvalue weighted by molar-refractivity contribution is 5.86. The van der Waals surface area contributed by atoms with Crippen LogP contribution in [0.1, 0.15) is 121 Å². The van der Waals surface area contributed by atoms with Crippen LogP contribution < -0.4 is 9.47 Å². The maximum absolute atomic E-state index is 15.2. The molecule has 0 amide bonds. The molecule has 0 aliphatic carbocycles. The van der Waals surface area contributed by atoms with E-state index in [1.54, 1.807) is 13.8 Å². The molecule has 542 valence electrons. The van der Waals surface area contributed by atoms with Gasteiger partial charge >= 0.3 is 77.6 Å². The number of carbonyl (C=O) groups excluding carboxylic acids is 13. The van der Waals surface area contributed by atoms with E-state index in [0.717, 1.165) is 76.2 Å². The maximum Gasteiger partial charge on any atom is 0.339 e. The summed E-state index contributed by atoms with van der Waals surface area (Å²) in [7, 11) is 0. The molecule has 2 aromatic rings. The SMILES string of the molecule is CC(=O)OC[C@H]1O[C@@H](Oc2ccc(COC(=O)C[C@@](CC(C)C)(O[C@@H]3O[C@H](COC(C)=O)[C@@H](OC(C)O)[C@H](OC(C)=O)[C@H]3OC(C)=O)C(=O)OCc3ccc(O[C@@H]4O[C@H](COC(C)=O)[C@@H](OC(C)=O)[C@H](OC(C)=O)[C@H]4OC(C)=O)cc3)cc2)[C@H](OC(C)=O)[C@@H](OC(C)=O)[C@@H]1OC(C)=O. The van der Waals surface area contributed by atoms with Gasteiger partial charge in [0.25, 0.3) is 0 Å². The van der Waals surface area contributed by atoms with E-state index in [0.29, 0.717) is 5.56 Å². The van der Waals surface area contributed by atoms with Gasteiger partial charge in [0.05, 0.1) is 6.42 Å². The molecule has 34 heteroatoms.